The van der Waals surface area contributed by atoms with E-state index in [0.29, 0.717) is 5.56 Å². The summed E-state index contributed by atoms with van der Waals surface area (Å²) in [4.78, 5) is 0. The van der Waals surface area contributed by atoms with Gasteiger partial charge in [-0.1, -0.05) is 35.9 Å². The zero-order valence-corrected chi connectivity index (χ0v) is 11.5. The molecule has 19 heavy (non-hydrogen) atoms. The fraction of sp³-hybridized carbons (Fsp3) is 0.188. The Morgan fingerprint density at radius 1 is 1.21 bits per heavy atom. The van der Waals surface area contributed by atoms with Gasteiger partial charge in [-0.15, -0.1) is 0 Å². The number of benzene rings is 2. The number of rotatable bonds is 4. The first kappa shape index (κ1) is 13.6. The molecule has 2 aromatic carbocycles. The second-order valence-electron chi connectivity index (χ2n) is 4.47. The summed E-state index contributed by atoms with van der Waals surface area (Å²) in [6.45, 7) is 2.83. The largest absolute Gasteiger partial charge is 0.306 e. The normalized spacial score (nSPS) is 11.8. The average molecular weight is 271 g/mol. The van der Waals surface area contributed by atoms with Gasteiger partial charge in [-0.25, -0.2) is 0 Å². The first-order valence-corrected chi connectivity index (χ1v) is 6.55. The lowest BCUT2D eigenvalue weighted by atomic mass is 10.1. The van der Waals surface area contributed by atoms with Crippen LogP contribution < -0.4 is 5.32 Å². The van der Waals surface area contributed by atoms with E-state index in [4.69, 9.17) is 16.9 Å². The van der Waals surface area contributed by atoms with Gasteiger partial charge in [0.15, 0.2) is 0 Å². The summed E-state index contributed by atoms with van der Waals surface area (Å²) < 4.78 is 0. The zero-order chi connectivity index (χ0) is 13.7. The number of nitriles is 1. The second kappa shape index (κ2) is 6.38. The van der Waals surface area contributed by atoms with Crippen molar-refractivity contribution in [3.8, 4) is 6.07 Å². The molecule has 1 unspecified atom stereocenters. The first-order chi connectivity index (χ1) is 9.19. The molecule has 1 N–H and O–H groups in total. The van der Waals surface area contributed by atoms with Crippen molar-refractivity contribution in [2.75, 3.05) is 0 Å². The van der Waals surface area contributed by atoms with E-state index in [1.54, 1.807) is 0 Å². The highest BCUT2D eigenvalue weighted by atomic mass is 35.5. The molecule has 0 fully saturated rings. The minimum atomic E-state index is 0.187. The molecule has 0 saturated carbocycles. The van der Waals surface area contributed by atoms with Gasteiger partial charge in [0.05, 0.1) is 11.6 Å². The predicted octanol–water partition coefficient (Wildman–Crippen LogP) is 4.06. The Kier molecular flexibility index (Phi) is 4.57. The first-order valence-electron chi connectivity index (χ1n) is 6.17. The van der Waals surface area contributed by atoms with Gasteiger partial charge >= 0.3 is 0 Å². The van der Waals surface area contributed by atoms with Crippen LogP contribution in [-0.4, -0.2) is 0 Å². The number of halogens is 1. The van der Waals surface area contributed by atoms with Crippen molar-refractivity contribution in [1.29, 1.82) is 5.26 Å². The smallest absolute Gasteiger partial charge is 0.0991 e. The van der Waals surface area contributed by atoms with Gasteiger partial charge in [-0.2, -0.15) is 5.26 Å². The lowest BCUT2D eigenvalue weighted by Gasteiger charge is -2.14. The van der Waals surface area contributed by atoms with Gasteiger partial charge in [0.2, 0.25) is 0 Å². The SMILES string of the molecule is CC(NCc1cccc(Cl)c1)c1cccc(C#N)c1. The molecule has 0 aliphatic heterocycles. The molecule has 2 nitrogen and oxygen atoms in total. The van der Waals surface area contributed by atoms with Gasteiger partial charge < -0.3 is 5.32 Å². The van der Waals surface area contributed by atoms with E-state index >= 15 is 0 Å². The Morgan fingerprint density at radius 2 is 2.00 bits per heavy atom. The molecule has 0 aliphatic carbocycles. The fourth-order valence-electron chi connectivity index (χ4n) is 1.91. The maximum atomic E-state index is 8.90. The van der Waals surface area contributed by atoms with Gasteiger partial charge in [-0.3, -0.25) is 0 Å². The molecule has 96 valence electrons. The van der Waals surface area contributed by atoms with Gasteiger partial charge in [-0.05, 0) is 42.3 Å². The van der Waals surface area contributed by atoms with Crippen LogP contribution in [0, 0.1) is 11.3 Å². The summed E-state index contributed by atoms with van der Waals surface area (Å²) in [5.41, 5.74) is 2.95. The van der Waals surface area contributed by atoms with Crippen LogP contribution >= 0.6 is 11.6 Å². The van der Waals surface area contributed by atoms with Crippen molar-refractivity contribution in [2.24, 2.45) is 0 Å². The Balaban J connectivity index is 2.01. The van der Waals surface area contributed by atoms with Crippen LogP contribution in [0.1, 0.15) is 29.7 Å². The van der Waals surface area contributed by atoms with Crippen LogP contribution in [0.25, 0.3) is 0 Å². The number of hydrogen-bond donors (Lipinski definition) is 1. The molecule has 0 bridgehead atoms. The Hall–Kier alpha value is -1.82. The highest BCUT2D eigenvalue weighted by molar-refractivity contribution is 6.30. The quantitative estimate of drug-likeness (QED) is 0.909. The van der Waals surface area contributed by atoms with Crippen LogP contribution in [-0.2, 0) is 6.54 Å². The summed E-state index contributed by atoms with van der Waals surface area (Å²) in [5, 5.41) is 13.1. The molecular formula is C16H15ClN2. The minimum Gasteiger partial charge on any atom is -0.306 e. The molecule has 2 aromatic rings. The topological polar surface area (TPSA) is 35.8 Å². The van der Waals surface area contributed by atoms with E-state index in [1.807, 2.05) is 48.5 Å². The maximum Gasteiger partial charge on any atom is 0.0991 e. The number of nitrogens with zero attached hydrogens (tertiary/aromatic N) is 1. The minimum absolute atomic E-state index is 0.187. The highest BCUT2D eigenvalue weighted by Crippen LogP contribution is 2.16. The molecule has 0 aliphatic rings. The standard InChI is InChI=1S/C16H15ClN2/c1-12(15-6-2-4-13(8-15)10-18)19-11-14-5-3-7-16(17)9-14/h2-9,12,19H,11H2,1H3. The predicted molar refractivity (Wildman–Crippen MR) is 77.9 cm³/mol. The summed E-state index contributed by atoms with van der Waals surface area (Å²) in [6, 6.07) is 17.8. The molecule has 0 saturated heterocycles. The van der Waals surface area contributed by atoms with E-state index in [9.17, 15) is 0 Å². The van der Waals surface area contributed by atoms with Crippen molar-refractivity contribution < 1.29 is 0 Å². The summed E-state index contributed by atoms with van der Waals surface area (Å²) >= 11 is 5.95. The fourth-order valence-corrected chi connectivity index (χ4v) is 2.13. The summed E-state index contributed by atoms with van der Waals surface area (Å²) in [5.74, 6) is 0. The summed E-state index contributed by atoms with van der Waals surface area (Å²) in [6.07, 6.45) is 0. The molecule has 0 spiro atoms. The molecule has 2 rings (SSSR count). The third-order valence-electron chi connectivity index (χ3n) is 3.02. The van der Waals surface area contributed by atoms with Crippen molar-refractivity contribution in [3.05, 3.63) is 70.2 Å². The van der Waals surface area contributed by atoms with E-state index in [0.717, 1.165) is 22.7 Å². The molecular weight excluding hydrogens is 256 g/mol. The molecule has 0 radical (unpaired) electrons. The lowest BCUT2D eigenvalue weighted by Crippen LogP contribution is -2.18. The van der Waals surface area contributed by atoms with Crippen molar-refractivity contribution in [2.45, 2.75) is 19.5 Å². The molecule has 0 aromatic heterocycles. The maximum absolute atomic E-state index is 8.90. The van der Waals surface area contributed by atoms with E-state index in [1.165, 1.54) is 0 Å². The second-order valence-corrected chi connectivity index (χ2v) is 4.91. The Labute approximate surface area is 118 Å². The van der Waals surface area contributed by atoms with E-state index < -0.39 is 0 Å². The molecule has 0 amide bonds. The zero-order valence-electron chi connectivity index (χ0n) is 10.7. The van der Waals surface area contributed by atoms with E-state index in [2.05, 4.69) is 18.3 Å². The Bertz CT molecular complexity index is 602. The third-order valence-corrected chi connectivity index (χ3v) is 3.25. The monoisotopic (exact) mass is 270 g/mol. The summed E-state index contributed by atoms with van der Waals surface area (Å²) in [7, 11) is 0. The van der Waals surface area contributed by atoms with Crippen molar-refractivity contribution in [1.82, 2.24) is 5.32 Å². The van der Waals surface area contributed by atoms with Crippen LogP contribution in [0.5, 0.6) is 0 Å². The average Bonchev–Trinajstić information content (AvgIpc) is 2.45. The van der Waals surface area contributed by atoms with Gasteiger partial charge in [0.25, 0.3) is 0 Å². The Morgan fingerprint density at radius 3 is 2.74 bits per heavy atom. The highest BCUT2D eigenvalue weighted by Gasteiger charge is 2.05. The van der Waals surface area contributed by atoms with Crippen LogP contribution in [0.2, 0.25) is 5.02 Å². The van der Waals surface area contributed by atoms with Crippen molar-refractivity contribution in [3.63, 3.8) is 0 Å². The van der Waals surface area contributed by atoms with Crippen LogP contribution in [0.4, 0.5) is 0 Å². The molecule has 0 heterocycles. The molecule has 3 heteroatoms. The van der Waals surface area contributed by atoms with Crippen LogP contribution in [0.15, 0.2) is 48.5 Å². The molecule has 1 atom stereocenters. The van der Waals surface area contributed by atoms with Crippen LogP contribution in [0.3, 0.4) is 0 Å². The lowest BCUT2D eigenvalue weighted by molar-refractivity contribution is 0.574. The third kappa shape index (κ3) is 3.82. The van der Waals surface area contributed by atoms with Gasteiger partial charge in [0, 0.05) is 17.6 Å². The van der Waals surface area contributed by atoms with Crippen molar-refractivity contribution >= 4 is 11.6 Å². The number of hydrogen-bond acceptors (Lipinski definition) is 2. The number of nitrogens with one attached hydrogen (secondary N) is 1. The van der Waals surface area contributed by atoms with E-state index in [-0.39, 0.29) is 6.04 Å². The van der Waals surface area contributed by atoms with Gasteiger partial charge in [0.1, 0.15) is 0 Å².